The average Bonchev–Trinajstić information content (AvgIpc) is 2.66. The highest BCUT2D eigenvalue weighted by Gasteiger charge is 2.22. The Labute approximate surface area is 87.4 Å². The molecule has 0 aromatic heterocycles. The van der Waals surface area contributed by atoms with Crippen LogP contribution in [0.25, 0.3) is 0 Å². The minimum Gasteiger partial charge on any atom is -0.381 e. The Kier molecular flexibility index (Phi) is 4.85. The van der Waals surface area contributed by atoms with Gasteiger partial charge in [-0.3, -0.25) is 0 Å². The molecule has 84 valence electrons. The second kappa shape index (κ2) is 5.69. The molecular formula is C11H24N2O. The highest BCUT2D eigenvalue weighted by Crippen LogP contribution is 2.16. The smallest absolute Gasteiger partial charge is 0.0509 e. The molecule has 3 N–H and O–H groups in total. The van der Waals surface area contributed by atoms with Crippen molar-refractivity contribution in [2.24, 2.45) is 17.6 Å². The highest BCUT2D eigenvalue weighted by atomic mass is 16.5. The largest absolute Gasteiger partial charge is 0.381 e. The van der Waals surface area contributed by atoms with Gasteiger partial charge in [-0.2, -0.15) is 0 Å². The monoisotopic (exact) mass is 200 g/mol. The number of nitrogens with one attached hydrogen (secondary N) is 1. The molecule has 1 aliphatic rings. The molecule has 0 amide bonds. The van der Waals surface area contributed by atoms with E-state index >= 15 is 0 Å². The third kappa shape index (κ3) is 3.56. The van der Waals surface area contributed by atoms with E-state index in [1.54, 1.807) is 0 Å². The van der Waals surface area contributed by atoms with Crippen LogP contribution in [0.4, 0.5) is 0 Å². The van der Waals surface area contributed by atoms with E-state index in [4.69, 9.17) is 10.5 Å². The second-order valence-electron chi connectivity index (χ2n) is 4.73. The minimum atomic E-state index is 0.264. The standard InChI is InChI=1S/C11H24N2O/c1-8(2)11(12)6-13-9(3)10-4-5-14-7-10/h8-11,13H,4-7,12H2,1-3H3. The van der Waals surface area contributed by atoms with Crippen molar-refractivity contribution in [3.63, 3.8) is 0 Å². The van der Waals surface area contributed by atoms with Crippen LogP contribution >= 0.6 is 0 Å². The fourth-order valence-corrected chi connectivity index (χ4v) is 1.67. The zero-order chi connectivity index (χ0) is 10.6. The molecule has 0 aliphatic carbocycles. The Morgan fingerprint density at radius 1 is 1.43 bits per heavy atom. The molecule has 1 heterocycles. The number of nitrogens with two attached hydrogens (primary N) is 1. The van der Waals surface area contributed by atoms with Gasteiger partial charge in [0.1, 0.15) is 0 Å². The highest BCUT2D eigenvalue weighted by molar-refractivity contribution is 4.78. The van der Waals surface area contributed by atoms with Gasteiger partial charge in [-0.05, 0) is 25.2 Å². The zero-order valence-electron chi connectivity index (χ0n) is 9.62. The molecule has 3 unspecified atom stereocenters. The molecule has 1 fully saturated rings. The van der Waals surface area contributed by atoms with Crippen molar-refractivity contribution in [1.29, 1.82) is 0 Å². The van der Waals surface area contributed by atoms with E-state index in [2.05, 4.69) is 26.1 Å². The number of rotatable bonds is 5. The summed E-state index contributed by atoms with van der Waals surface area (Å²) in [5.41, 5.74) is 5.97. The Bertz CT molecular complexity index is 155. The third-order valence-electron chi connectivity index (χ3n) is 3.20. The molecule has 0 spiro atoms. The number of ether oxygens (including phenoxy) is 1. The van der Waals surface area contributed by atoms with Crippen molar-refractivity contribution in [1.82, 2.24) is 5.32 Å². The Balaban J connectivity index is 2.16. The maximum atomic E-state index is 5.97. The maximum Gasteiger partial charge on any atom is 0.0509 e. The van der Waals surface area contributed by atoms with Crippen LogP contribution in [0, 0.1) is 11.8 Å². The molecule has 1 rings (SSSR count). The fourth-order valence-electron chi connectivity index (χ4n) is 1.67. The van der Waals surface area contributed by atoms with Crippen LogP contribution in [0.1, 0.15) is 27.2 Å². The van der Waals surface area contributed by atoms with Gasteiger partial charge < -0.3 is 15.8 Å². The first-order valence-corrected chi connectivity index (χ1v) is 5.68. The van der Waals surface area contributed by atoms with Crippen molar-refractivity contribution in [2.45, 2.75) is 39.3 Å². The topological polar surface area (TPSA) is 47.3 Å². The first-order chi connectivity index (χ1) is 6.61. The summed E-state index contributed by atoms with van der Waals surface area (Å²) in [5.74, 6) is 1.23. The van der Waals surface area contributed by atoms with E-state index < -0.39 is 0 Å². The number of hydrogen-bond acceptors (Lipinski definition) is 3. The van der Waals surface area contributed by atoms with E-state index in [9.17, 15) is 0 Å². The van der Waals surface area contributed by atoms with Gasteiger partial charge >= 0.3 is 0 Å². The molecule has 0 aromatic rings. The van der Waals surface area contributed by atoms with Gasteiger partial charge in [0.25, 0.3) is 0 Å². The molecule has 0 bridgehead atoms. The van der Waals surface area contributed by atoms with Gasteiger partial charge in [0.15, 0.2) is 0 Å². The van der Waals surface area contributed by atoms with Crippen LogP contribution in [-0.2, 0) is 4.74 Å². The first-order valence-electron chi connectivity index (χ1n) is 5.68. The molecule has 3 nitrogen and oxygen atoms in total. The van der Waals surface area contributed by atoms with Crippen molar-refractivity contribution in [2.75, 3.05) is 19.8 Å². The SMILES string of the molecule is CC(C)C(N)CNC(C)C1CCOC1. The molecule has 1 aliphatic heterocycles. The zero-order valence-corrected chi connectivity index (χ0v) is 9.62. The summed E-state index contributed by atoms with van der Waals surface area (Å²) < 4.78 is 5.36. The summed E-state index contributed by atoms with van der Waals surface area (Å²) in [5, 5.41) is 3.50. The predicted octanol–water partition coefficient (Wildman–Crippen LogP) is 0.984. The van der Waals surface area contributed by atoms with Gasteiger partial charge in [0.05, 0.1) is 6.61 Å². The van der Waals surface area contributed by atoms with Crippen LogP contribution in [0.2, 0.25) is 0 Å². The summed E-state index contributed by atoms with van der Waals surface area (Å²) in [6, 6.07) is 0.794. The molecule has 0 saturated carbocycles. The van der Waals surface area contributed by atoms with Gasteiger partial charge in [-0.1, -0.05) is 13.8 Å². The summed E-state index contributed by atoms with van der Waals surface area (Å²) in [6.45, 7) is 9.30. The van der Waals surface area contributed by atoms with Crippen molar-refractivity contribution in [3.05, 3.63) is 0 Å². The van der Waals surface area contributed by atoms with Crippen LogP contribution in [-0.4, -0.2) is 31.8 Å². The molecule has 14 heavy (non-hydrogen) atoms. The first kappa shape index (κ1) is 12.0. The minimum absolute atomic E-state index is 0.264. The van der Waals surface area contributed by atoms with Crippen LogP contribution in [0.15, 0.2) is 0 Å². The normalized spacial score (nSPS) is 26.8. The molecule has 1 saturated heterocycles. The van der Waals surface area contributed by atoms with Gasteiger partial charge in [-0.25, -0.2) is 0 Å². The number of hydrogen-bond donors (Lipinski definition) is 2. The van der Waals surface area contributed by atoms with E-state index in [1.165, 1.54) is 6.42 Å². The Morgan fingerprint density at radius 3 is 2.64 bits per heavy atom. The lowest BCUT2D eigenvalue weighted by molar-refractivity contribution is 0.178. The van der Waals surface area contributed by atoms with E-state index in [0.717, 1.165) is 19.8 Å². The van der Waals surface area contributed by atoms with Gasteiger partial charge in [0, 0.05) is 25.2 Å². The van der Waals surface area contributed by atoms with E-state index in [0.29, 0.717) is 17.9 Å². The third-order valence-corrected chi connectivity index (χ3v) is 3.20. The van der Waals surface area contributed by atoms with Crippen molar-refractivity contribution in [3.8, 4) is 0 Å². The van der Waals surface area contributed by atoms with E-state index in [-0.39, 0.29) is 6.04 Å². The molecule has 0 radical (unpaired) electrons. The average molecular weight is 200 g/mol. The lowest BCUT2D eigenvalue weighted by Crippen LogP contribution is -2.44. The van der Waals surface area contributed by atoms with Crippen molar-refractivity contribution >= 4 is 0 Å². The van der Waals surface area contributed by atoms with E-state index in [1.807, 2.05) is 0 Å². The van der Waals surface area contributed by atoms with Crippen LogP contribution in [0.5, 0.6) is 0 Å². The molecule has 0 aromatic carbocycles. The Morgan fingerprint density at radius 2 is 2.14 bits per heavy atom. The lowest BCUT2D eigenvalue weighted by Gasteiger charge is -2.23. The predicted molar refractivity (Wildman–Crippen MR) is 59.2 cm³/mol. The summed E-state index contributed by atoms with van der Waals surface area (Å²) >= 11 is 0. The summed E-state index contributed by atoms with van der Waals surface area (Å²) in [6.07, 6.45) is 1.19. The molecular weight excluding hydrogens is 176 g/mol. The Hall–Kier alpha value is -0.120. The summed E-state index contributed by atoms with van der Waals surface area (Å²) in [4.78, 5) is 0. The fraction of sp³-hybridized carbons (Fsp3) is 1.00. The molecule has 3 heteroatoms. The van der Waals surface area contributed by atoms with Crippen LogP contribution < -0.4 is 11.1 Å². The van der Waals surface area contributed by atoms with Gasteiger partial charge in [0.2, 0.25) is 0 Å². The lowest BCUT2D eigenvalue weighted by atomic mass is 9.99. The maximum absolute atomic E-state index is 5.97. The quantitative estimate of drug-likeness (QED) is 0.695. The van der Waals surface area contributed by atoms with Crippen LogP contribution in [0.3, 0.4) is 0 Å². The van der Waals surface area contributed by atoms with Crippen molar-refractivity contribution < 1.29 is 4.74 Å². The van der Waals surface area contributed by atoms with Gasteiger partial charge in [-0.15, -0.1) is 0 Å². The summed E-state index contributed by atoms with van der Waals surface area (Å²) in [7, 11) is 0. The second-order valence-corrected chi connectivity index (χ2v) is 4.73. The molecule has 3 atom stereocenters.